The van der Waals surface area contributed by atoms with Crippen LogP contribution in [0.4, 0.5) is 0 Å². The molecule has 0 aliphatic heterocycles. The van der Waals surface area contributed by atoms with Crippen molar-refractivity contribution in [2.24, 2.45) is 23.7 Å². The van der Waals surface area contributed by atoms with Gasteiger partial charge in [0, 0.05) is 0 Å². The standard InChI is InChI=1S/C12H25/c1-7-12(10(4)5)8-11(6)9(2)3/h9-12H,4,7-8H2,1-3,5-6H3. The third-order valence-corrected chi connectivity index (χ3v) is 3.14. The highest BCUT2D eigenvalue weighted by molar-refractivity contribution is 4.70. The lowest BCUT2D eigenvalue weighted by Crippen LogP contribution is -2.15. The summed E-state index contributed by atoms with van der Waals surface area (Å²) in [5, 5.41) is 0. The SMILES string of the molecule is [CH2]C(C)C(CC)CC(C)C(C)C. The molecule has 0 rings (SSSR count). The van der Waals surface area contributed by atoms with Crippen LogP contribution in [0, 0.1) is 30.6 Å². The minimum absolute atomic E-state index is 0.608. The molecule has 0 saturated carbocycles. The van der Waals surface area contributed by atoms with Gasteiger partial charge in [-0.2, -0.15) is 0 Å². The molecule has 12 heavy (non-hydrogen) atoms. The summed E-state index contributed by atoms with van der Waals surface area (Å²) in [4.78, 5) is 0. The first-order chi connectivity index (χ1) is 5.49. The maximum atomic E-state index is 4.12. The zero-order valence-electron chi connectivity index (χ0n) is 9.43. The topological polar surface area (TPSA) is 0 Å². The molecule has 3 atom stereocenters. The van der Waals surface area contributed by atoms with Gasteiger partial charge in [-0.15, -0.1) is 0 Å². The average Bonchev–Trinajstić information content (AvgIpc) is 1.98. The summed E-state index contributed by atoms with van der Waals surface area (Å²) in [5.41, 5.74) is 0. The summed E-state index contributed by atoms with van der Waals surface area (Å²) in [6.45, 7) is 15.6. The van der Waals surface area contributed by atoms with E-state index in [4.69, 9.17) is 0 Å². The Labute approximate surface area is 78.8 Å². The maximum absolute atomic E-state index is 4.12. The molecule has 0 aromatic carbocycles. The molecule has 3 unspecified atom stereocenters. The van der Waals surface area contributed by atoms with E-state index in [2.05, 4.69) is 41.5 Å². The van der Waals surface area contributed by atoms with Crippen molar-refractivity contribution in [1.29, 1.82) is 0 Å². The molecule has 0 aromatic rings. The van der Waals surface area contributed by atoms with Crippen LogP contribution in [0.1, 0.15) is 47.5 Å². The number of rotatable bonds is 5. The van der Waals surface area contributed by atoms with E-state index in [9.17, 15) is 0 Å². The molecule has 73 valence electrons. The highest BCUT2D eigenvalue weighted by Gasteiger charge is 2.16. The summed E-state index contributed by atoms with van der Waals surface area (Å²) in [6, 6.07) is 0. The monoisotopic (exact) mass is 169 g/mol. The molecule has 0 N–H and O–H groups in total. The highest BCUT2D eigenvalue weighted by Crippen LogP contribution is 2.26. The first-order valence-corrected chi connectivity index (χ1v) is 5.32. The molecular weight excluding hydrogens is 144 g/mol. The van der Waals surface area contributed by atoms with E-state index in [1.165, 1.54) is 12.8 Å². The molecule has 0 aliphatic carbocycles. The fourth-order valence-electron chi connectivity index (χ4n) is 1.55. The molecule has 0 saturated heterocycles. The Bertz CT molecular complexity index is 103. The minimum Gasteiger partial charge on any atom is -0.0651 e. The van der Waals surface area contributed by atoms with Gasteiger partial charge in [-0.05, 0) is 30.1 Å². The van der Waals surface area contributed by atoms with Crippen LogP contribution in [0.15, 0.2) is 0 Å². The average molecular weight is 169 g/mol. The predicted octanol–water partition coefficient (Wildman–Crippen LogP) is 4.16. The zero-order chi connectivity index (χ0) is 9.72. The van der Waals surface area contributed by atoms with Crippen LogP contribution < -0.4 is 0 Å². The van der Waals surface area contributed by atoms with Crippen molar-refractivity contribution >= 4 is 0 Å². The maximum Gasteiger partial charge on any atom is -0.0388 e. The Hall–Kier alpha value is 0. The molecule has 0 heterocycles. The second-order valence-electron chi connectivity index (χ2n) is 4.60. The van der Waals surface area contributed by atoms with E-state index in [0.29, 0.717) is 5.92 Å². The van der Waals surface area contributed by atoms with E-state index in [1.807, 2.05) is 0 Å². The van der Waals surface area contributed by atoms with Gasteiger partial charge in [-0.1, -0.05) is 48.0 Å². The molecule has 0 aromatic heterocycles. The Morgan fingerprint density at radius 1 is 1.08 bits per heavy atom. The van der Waals surface area contributed by atoms with Gasteiger partial charge in [-0.25, -0.2) is 0 Å². The third kappa shape index (κ3) is 4.13. The van der Waals surface area contributed by atoms with Gasteiger partial charge in [0.1, 0.15) is 0 Å². The summed E-state index contributed by atoms with van der Waals surface area (Å²) >= 11 is 0. The van der Waals surface area contributed by atoms with Crippen LogP contribution in [0.3, 0.4) is 0 Å². The Kier molecular flexibility index (Phi) is 5.61. The van der Waals surface area contributed by atoms with Crippen molar-refractivity contribution < 1.29 is 0 Å². The van der Waals surface area contributed by atoms with Gasteiger partial charge in [0.05, 0.1) is 0 Å². The van der Waals surface area contributed by atoms with Crippen molar-refractivity contribution in [3.8, 4) is 0 Å². The van der Waals surface area contributed by atoms with Gasteiger partial charge < -0.3 is 0 Å². The summed E-state index contributed by atoms with van der Waals surface area (Å²) in [7, 11) is 0. The highest BCUT2D eigenvalue weighted by atomic mass is 14.2. The van der Waals surface area contributed by atoms with Crippen LogP contribution in [-0.2, 0) is 0 Å². The first-order valence-electron chi connectivity index (χ1n) is 5.32. The zero-order valence-corrected chi connectivity index (χ0v) is 9.43. The molecule has 0 heteroatoms. The normalized spacial score (nSPS) is 17.0. The Morgan fingerprint density at radius 3 is 1.83 bits per heavy atom. The van der Waals surface area contributed by atoms with Crippen molar-refractivity contribution in [1.82, 2.24) is 0 Å². The van der Waals surface area contributed by atoms with E-state index >= 15 is 0 Å². The fourth-order valence-corrected chi connectivity index (χ4v) is 1.55. The lowest BCUT2D eigenvalue weighted by atomic mass is 9.81. The smallest absolute Gasteiger partial charge is 0.0388 e. The van der Waals surface area contributed by atoms with E-state index in [-0.39, 0.29) is 0 Å². The van der Waals surface area contributed by atoms with E-state index < -0.39 is 0 Å². The lowest BCUT2D eigenvalue weighted by Gasteiger charge is -2.25. The van der Waals surface area contributed by atoms with Crippen molar-refractivity contribution in [3.05, 3.63) is 6.92 Å². The molecule has 0 aliphatic rings. The summed E-state index contributed by atoms with van der Waals surface area (Å²) in [5.74, 6) is 3.09. The van der Waals surface area contributed by atoms with Gasteiger partial charge in [-0.3, -0.25) is 0 Å². The largest absolute Gasteiger partial charge is 0.0651 e. The van der Waals surface area contributed by atoms with Crippen LogP contribution in [-0.4, -0.2) is 0 Å². The van der Waals surface area contributed by atoms with Crippen molar-refractivity contribution in [3.63, 3.8) is 0 Å². The lowest BCUT2D eigenvalue weighted by molar-refractivity contribution is 0.273. The van der Waals surface area contributed by atoms with Gasteiger partial charge in [0.15, 0.2) is 0 Å². The molecule has 0 nitrogen and oxygen atoms in total. The fraction of sp³-hybridized carbons (Fsp3) is 0.917. The molecule has 0 spiro atoms. The van der Waals surface area contributed by atoms with Gasteiger partial charge >= 0.3 is 0 Å². The van der Waals surface area contributed by atoms with Crippen LogP contribution in [0.25, 0.3) is 0 Å². The van der Waals surface area contributed by atoms with Crippen LogP contribution in [0.5, 0.6) is 0 Å². The third-order valence-electron chi connectivity index (χ3n) is 3.14. The number of hydrogen-bond donors (Lipinski definition) is 0. The van der Waals surface area contributed by atoms with Crippen LogP contribution in [0.2, 0.25) is 0 Å². The minimum atomic E-state index is 0.608. The molecule has 1 radical (unpaired) electrons. The Morgan fingerprint density at radius 2 is 1.58 bits per heavy atom. The number of hydrogen-bond acceptors (Lipinski definition) is 0. The first kappa shape index (κ1) is 12.0. The molecule has 0 fully saturated rings. The predicted molar refractivity (Wildman–Crippen MR) is 56.9 cm³/mol. The van der Waals surface area contributed by atoms with E-state index in [0.717, 1.165) is 17.8 Å². The summed E-state index contributed by atoms with van der Waals surface area (Å²) in [6.07, 6.45) is 2.63. The van der Waals surface area contributed by atoms with Crippen molar-refractivity contribution in [2.75, 3.05) is 0 Å². The quantitative estimate of drug-likeness (QED) is 0.579. The second kappa shape index (κ2) is 5.61. The van der Waals surface area contributed by atoms with Gasteiger partial charge in [0.2, 0.25) is 0 Å². The molecule has 0 bridgehead atoms. The van der Waals surface area contributed by atoms with Crippen LogP contribution >= 0.6 is 0 Å². The Balaban J connectivity index is 3.85. The summed E-state index contributed by atoms with van der Waals surface area (Å²) < 4.78 is 0. The van der Waals surface area contributed by atoms with Crippen molar-refractivity contribution in [2.45, 2.75) is 47.5 Å². The van der Waals surface area contributed by atoms with Gasteiger partial charge in [0.25, 0.3) is 0 Å². The van der Waals surface area contributed by atoms with E-state index in [1.54, 1.807) is 0 Å². The molecule has 0 amide bonds. The second-order valence-corrected chi connectivity index (χ2v) is 4.60. The molecular formula is C12H25.